The van der Waals surface area contributed by atoms with Crippen LogP contribution in [0, 0.1) is 0 Å². The number of ether oxygens (including phenoxy) is 3. The third-order valence-corrected chi connectivity index (χ3v) is 4.70. The molecular weight excluding hydrogens is 491 g/mol. The van der Waals surface area contributed by atoms with Gasteiger partial charge in [0, 0.05) is 16.8 Å². The predicted molar refractivity (Wildman–Crippen MR) is 117 cm³/mol. The fraction of sp³-hybridized carbons (Fsp3) is 0.190. The Hall–Kier alpha value is -2.68. The third kappa shape index (κ3) is 6.18. The fourth-order valence-electron chi connectivity index (χ4n) is 2.63. The summed E-state index contributed by atoms with van der Waals surface area (Å²) in [6, 6.07) is 10.0. The van der Waals surface area contributed by atoms with Gasteiger partial charge in [-0.2, -0.15) is 8.78 Å². The molecule has 0 unspecified atom stereocenters. The lowest BCUT2D eigenvalue weighted by Crippen LogP contribution is -2.11. The second-order valence-electron chi connectivity index (χ2n) is 6.18. The van der Waals surface area contributed by atoms with Gasteiger partial charge in [0.2, 0.25) is 0 Å². The van der Waals surface area contributed by atoms with Crippen molar-refractivity contribution in [3.05, 3.63) is 69.1 Å². The number of rotatable bonds is 9. The van der Waals surface area contributed by atoms with Crippen molar-refractivity contribution in [2.24, 2.45) is 0 Å². The largest absolute Gasteiger partial charge is 0.490 e. The highest BCUT2D eigenvalue weighted by molar-refractivity contribution is 6.40. The van der Waals surface area contributed by atoms with Crippen LogP contribution < -0.4 is 19.5 Å². The van der Waals surface area contributed by atoms with Gasteiger partial charge in [0.15, 0.2) is 23.0 Å². The molecule has 32 heavy (non-hydrogen) atoms. The van der Waals surface area contributed by atoms with Crippen LogP contribution in [-0.2, 0) is 6.61 Å². The van der Waals surface area contributed by atoms with Crippen LogP contribution in [0.15, 0.2) is 46.9 Å². The first-order valence-corrected chi connectivity index (χ1v) is 10.3. The number of halogens is 5. The van der Waals surface area contributed by atoms with Crippen LogP contribution >= 0.6 is 34.8 Å². The van der Waals surface area contributed by atoms with Gasteiger partial charge in [-0.1, -0.05) is 34.8 Å². The molecular formula is C21H16Cl3F2NO5. The SMILES string of the molecule is CCOc1cc(NC(=O)c2ccc(COc3c(Cl)cc(Cl)cc3Cl)o2)ccc1OC(F)F. The Morgan fingerprint density at radius 1 is 1.03 bits per heavy atom. The topological polar surface area (TPSA) is 69.9 Å². The van der Waals surface area contributed by atoms with E-state index >= 15 is 0 Å². The first-order chi connectivity index (χ1) is 15.3. The molecule has 0 atom stereocenters. The van der Waals surface area contributed by atoms with E-state index in [0.29, 0.717) is 16.5 Å². The first kappa shape index (κ1) is 24.0. The summed E-state index contributed by atoms with van der Waals surface area (Å²) in [7, 11) is 0. The number of hydrogen-bond acceptors (Lipinski definition) is 5. The van der Waals surface area contributed by atoms with E-state index < -0.39 is 12.5 Å². The third-order valence-electron chi connectivity index (χ3n) is 3.92. The highest BCUT2D eigenvalue weighted by atomic mass is 35.5. The molecule has 0 aliphatic heterocycles. The van der Waals surface area contributed by atoms with E-state index in [1.807, 2.05) is 0 Å². The highest BCUT2D eigenvalue weighted by Crippen LogP contribution is 2.36. The van der Waals surface area contributed by atoms with E-state index in [0.717, 1.165) is 0 Å². The Bertz CT molecular complexity index is 1080. The van der Waals surface area contributed by atoms with Crippen molar-refractivity contribution in [2.45, 2.75) is 20.1 Å². The van der Waals surface area contributed by atoms with E-state index in [1.165, 1.54) is 36.4 Å². The molecule has 0 spiro atoms. The smallest absolute Gasteiger partial charge is 0.387 e. The molecule has 170 valence electrons. The lowest BCUT2D eigenvalue weighted by Gasteiger charge is -2.13. The highest BCUT2D eigenvalue weighted by Gasteiger charge is 2.16. The molecule has 0 bridgehead atoms. The van der Waals surface area contributed by atoms with Gasteiger partial charge in [0.1, 0.15) is 12.4 Å². The molecule has 3 aromatic rings. The zero-order valence-electron chi connectivity index (χ0n) is 16.5. The van der Waals surface area contributed by atoms with Gasteiger partial charge in [-0.25, -0.2) is 0 Å². The quantitative estimate of drug-likeness (QED) is 0.336. The summed E-state index contributed by atoms with van der Waals surface area (Å²) in [5, 5.41) is 3.43. The average Bonchev–Trinajstić information content (AvgIpc) is 3.18. The molecule has 0 aliphatic carbocycles. The number of furan rings is 1. The molecule has 1 N–H and O–H groups in total. The van der Waals surface area contributed by atoms with Crippen LogP contribution in [0.4, 0.5) is 14.5 Å². The zero-order chi connectivity index (χ0) is 23.3. The van der Waals surface area contributed by atoms with Gasteiger partial charge >= 0.3 is 6.61 Å². The zero-order valence-corrected chi connectivity index (χ0v) is 18.7. The summed E-state index contributed by atoms with van der Waals surface area (Å²) in [6.07, 6.45) is 0. The van der Waals surface area contributed by atoms with Gasteiger partial charge in [0.25, 0.3) is 5.91 Å². The molecule has 11 heteroatoms. The first-order valence-electron chi connectivity index (χ1n) is 9.16. The van der Waals surface area contributed by atoms with Gasteiger partial charge in [0.05, 0.1) is 16.7 Å². The van der Waals surface area contributed by atoms with Crippen molar-refractivity contribution >= 4 is 46.4 Å². The van der Waals surface area contributed by atoms with E-state index in [2.05, 4.69) is 10.1 Å². The summed E-state index contributed by atoms with van der Waals surface area (Å²) >= 11 is 18.0. The van der Waals surface area contributed by atoms with E-state index in [9.17, 15) is 13.6 Å². The van der Waals surface area contributed by atoms with Gasteiger partial charge in [-0.05, 0) is 43.3 Å². The standard InChI is InChI=1S/C21H16Cl3F2NO5/c1-2-29-18-9-12(3-5-16(18)32-21(25)26)27-20(28)17-6-4-13(31-17)10-30-19-14(23)7-11(22)8-15(19)24/h3-9,21H,2,10H2,1H3,(H,27,28). The molecule has 6 nitrogen and oxygen atoms in total. The summed E-state index contributed by atoms with van der Waals surface area (Å²) in [6.45, 7) is -1.13. The van der Waals surface area contributed by atoms with Crippen molar-refractivity contribution in [1.82, 2.24) is 0 Å². The molecule has 2 aromatic carbocycles. The normalized spacial score (nSPS) is 10.8. The Labute approximate surface area is 196 Å². The van der Waals surface area contributed by atoms with Gasteiger partial charge in [-0.3, -0.25) is 4.79 Å². The van der Waals surface area contributed by atoms with Crippen LogP contribution in [-0.4, -0.2) is 19.1 Å². The van der Waals surface area contributed by atoms with Crippen LogP contribution in [0.2, 0.25) is 15.1 Å². The van der Waals surface area contributed by atoms with Crippen molar-refractivity contribution in [1.29, 1.82) is 0 Å². The summed E-state index contributed by atoms with van der Waals surface area (Å²) < 4.78 is 45.8. The lowest BCUT2D eigenvalue weighted by molar-refractivity contribution is -0.0514. The Morgan fingerprint density at radius 3 is 2.41 bits per heavy atom. The Balaban J connectivity index is 1.66. The van der Waals surface area contributed by atoms with E-state index in [4.69, 9.17) is 48.7 Å². The number of carbonyl (C=O) groups is 1. The maximum absolute atomic E-state index is 12.5. The number of alkyl halides is 2. The Morgan fingerprint density at radius 2 is 1.75 bits per heavy atom. The predicted octanol–water partition coefficient (Wildman–Crippen LogP) is 7.07. The molecule has 1 heterocycles. The Kier molecular flexibility index (Phi) is 8.06. The minimum Gasteiger partial charge on any atom is -0.490 e. The number of hydrogen-bond donors (Lipinski definition) is 1. The van der Waals surface area contributed by atoms with Gasteiger partial charge in [-0.15, -0.1) is 0 Å². The minimum atomic E-state index is -3.00. The average molecular weight is 507 g/mol. The van der Waals surface area contributed by atoms with Crippen LogP contribution in [0.5, 0.6) is 17.2 Å². The van der Waals surface area contributed by atoms with Crippen molar-refractivity contribution in [3.63, 3.8) is 0 Å². The number of nitrogens with one attached hydrogen (secondary N) is 1. The van der Waals surface area contributed by atoms with Crippen LogP contribution in [0.3, 0.4) is 0 Å². The molecule has 3 rings (SSSR count). The lowest BCUT2D eigenvalue weighted by atomic mass is 10.2. The maximum Gasteiger partial charge on any atom is 0.387 e. The number of carbonyl (C=O) groups excluding carboxylic acids is 1. The van der Waals surface area contributed by atoms with Crippen molar-refractivity contribution in [3.8, 4) is 17.2 Å². The second kappa shape index (κ2) is 10.8. The molecule has 0 aliphatic rings. The fourth-order valence-corrected chi connectivity index (χ4v) is 3.55. The molecule has 0 fully saturated rings. The van der Waals surface area contributed by atoms with Crippen LogP contribution in [0.1, 0.15) is 23.2 Å². The second-order valence-corrected chi connectivity index (χ2v) is 7.43. The summed E-state index contributed by atoms with van der Waals surface area (Å²) in [5.41, 5.74) is 0.300. The van der Waals surface area contributed by atoms with Crippen molar-refractivity contribution in [2.75, 3.05) is 11.9 Å². The van der Waals surface area contributed by atoms with E-state index in [-0.39, 0.29) is 46.3 Å². The number of anilines is 1. The maximum atomic E-state index is 12.5. The monoisotopic (exact) mass is 505 g/mol. The molecule has 0 saturated heterocycles. The van der Waals surface area contributed by atoms with Crippen LogP contribution in [0.25, 0.3) is 0 Å². The van der Waals surface area contributed by atoms with E-state index in [1.54, 1.807) is 13.0 Å². The molecule has 0 saturated carbocycles. The van der Waals surface area contributed by atoms with Crippen molar-refractivity contribution < 1.29 is 32.2 Å². The van der Waals surface area contributed by atoms with Gasteiger partial charge < -0.3 is 23.9 Å². The molecule has 1 aromatic heterocycles. The number of amides is 1. The molecule has 1 amide bonds. The summed E-state index contributed by atoms with van der Waals surface area (Å²) in [4.78, 5) is 12.5. The molecule has 0 radical (unpaired) electrons. The minimum absolute atomic E-state index is 0.00256. The number of benzene rings is 2. The summed E-state index contributed by atoms with van der Waals surface area (Å²) in [5.74, 6) is -0.0678.